The maximum atomic E-state index is 10.8. The zero-order valence-electron chi connectivity index (χ0n) is 7.83. The molecule has 0 aliphatic rings. The summed E-state index contributed by atoms with van der Waals surface area (Å²) in [6.07, 6.45) is 0. The van der Waals surface area contributed by atoms with Crippen LogP contribution >= 0.6 is 27.5 Å². The molecule has 0 amide bonds. The number of hydrogen-bond acceptors (Lipinski definition) is 3. The summed E-state index contributed by atoms with van der Waals surface area (Å²) in [5, 5.41) is 9.12. The first-order chi connectivity index (χ1) is 6.97. The van der Waals surface area contributed by atoms with Crippen molar-refractivity contribution in [2.75, 3.05) is 7.11 Å². The Hall–Kier alpha value is -0.780. The van der Waals surface area contributed by atoms with Crippen LogP contribution in [-0.2, 0) is 4.79 Å². The molecule has 1 rings (SSSR count). The molecule has 0 saturated heterocycles. The minimum absolute atomic E-state index is 0.287. The van der Waals surface area contributed by atoms with Crippen molar-refractivity contribution < 1.29 is 14.6 Å². The third-order valence-corrected chi connectivity index (χ3v) is 2.58. The highest BCUT2D eigenvalue weighted by Crippen LogP contribution is 2.35. The number of ether oxygens (including phenoxy) is 1. The van der Waals surface area contributed by atoms with Crippen LogP contribution in [0, 0.1) is 0 Å². The molecule has 4 nitrogen and oxygen atoms in total. The van der Waals surface area contributed by atoms with Crippen molar-refractivity contribution in [3.05, 3.63) is 27.2 Å². The van der Waals surface area contributed by atoms with Gasteiger partial charge in [0.2, 0.25) is 0 Å². The SMILES string of the molecule is COc1c(Cl)cc(Br)cc1C(N)C(=O)O. The van der Waals surface area contributed by atoms with Crippen molar-refractivity contribution >= 4 is 33.5 Å². The van der Waals surface area contributed by atoms with E-state index in [1.807, 2.05) is 0 Å². The normalized spacial score (nSPS) is 12.3. The molecule has 1 aromatic carbocycles. The molecule has 0 aliphatic heterocycles. The van der Waals surface area contributed by atoms with Gasteiger partial charge in [-0.1, -0.05) is 27.5 Å². The molecular weight excluding hydrogens is 285 g/mol. The van der Waals surface area contributed by atoms with E-state index >= 15 is 0 Å². The lowest BCUT2D eigenvalue weighted by Gasteiger charge is -2.13. The number of halogens is 2. The van der Waals surface area contributed by atoms with Crippen LogP contribution in [0.5, 0.6) is 5.75 Å². The van der Waals surface area contributed by atoms with E-state index in [0.717, 1.165) is 0 Å². The number of hydrogen-bond donors (Lipinski definition) is 2. The smallest absolute Gasteiger partial charge is 0.325 e. The molecule has 0 fully saturated rings. The Balaban J connectivity index is 3.32. The predicted octanol–water partition coefficient (Wildman–Crippen LogP) is 2.20. The Morgan fingerprint density at radius 2 is 2.27 bits per heavy atom. The van der Waals surface area contributed by atoms with Crippen molar-refractivity contribution in [3.63, 3.8) is 0 Å². The second-order valence-corrected chi connectivity index (χ2v) is 4.15. The Morgan fingerprint density at radius 3 is 2.73 bits per heavy atom. The molecule has 3 N–H and O–H groups in total. The van der Waals surface area contributed by atoms with Crippen LogP contribution in [0.15, 0.2) is 16.6 Å². The van der Waals surface area contributed by atoms with Gasteiger partial charge in [-0.2, -0.15) is 0 Å². The quantitative estimate of drug-likeness (QED) is 0.896. The second kappa shape index (κ2) is 4.83. The number of methoxy groups -OCH3 is 1. The average Bonchev–Trinajstić information content (AvgIpc) is 2.15. The molecule has 0 saturated carbocycles. The molecule has 1 unspecified atom stereocenters. The number of nitrogens with two attached hydrogens (primary N) is 1. The first-order valence-corrected chi connectivity index (χ1v) is 5.15. The van der Waals surface area contributed by atoms with Crippen molar-refractivity contribution in [2.24, 2.45) is 5.73 Å². The molecule has 6 heteroatoms. The first-order valence-electron chi connectivity index (χ1n) is 3.98. The fourth-order valence-electron chi connectivity index (χ4n) is 1.16. The number of carboxylic acids is 1. The van der Waals surface area contributed by atoms with E-state index in [9.17, 15) is 4.79 Å². The Kier molecular flexibility index (Phi) is 3.96. The summed E-state index contributed by atoms with van der Waals surface area (Å²) in [5.74, 6) is -0.850. The number of carbonyl (C=O) groups is 1. The van der Waals surface area contributed by atoms with Crippen molar-refractivity contribution in [1.82, 2.24) is 0 Å². The lowest BCUT2D eigenvalue weighted by Crippen LogP contribution is -2.21. The van der Waals surface area contributed by atoms with Gasteiger partial charge in [-0.05, 0) is 12.1 Å². The number of aliphatic carboxylic acids is 1. The zero-order chi connectivity index (χ0) is 11.6. The minimum Gasteiger partial charge on any atom is -0.495 e. The minimum atomic E-state index is -1.16. The van der Waals surface area contributed by atoms with Gasteiger partial charge in [-0.25, -0.2) is 0 Å². The second-order valence-electron chi connectivity index (χ2n) is 2.83. The molecular formula is C9H9BrClNO3. The van der Waals surface area contributed by atoms with Crippen LogP contribution in [0.1, 0.15) is 11.6 Å². The molecule has 0 bridgehead atoms. The maximum absolute atomic E-state index is 10.8. The van der Waals surface area contributed by atoms with Gasteiger partial charge in [0.05, 0.1) is 12.1 Å². The Bertz CT molecular complexity index is 397. The molecule has 15 heavy (non-hydrogen) atoms. The van der Waals surface area contributed by atoms with E-state index in [-0.39, 0.29) is 5.75 Å². The molecule has 0 aromatic heterocycles. The average molecular weight is 295 g/mol. The first kappa shape index (κ1) is 12.3. The van der Waals surface area contributed by atoms with Crippen LogP contribution in [-0.4, -0.2) is 18.2 Å². The molecule has 0 spiro atoms. The van der Waals surface area contributed by atoms with Gasteiger partial charge in [0, 0.05) is 10.0 Å². The van der Waals surface area contributed by atoms with E-state index in [4.69, 9.17) is 27.2 Å². The molecule has 1 atom stereocenters. The summed E-state index contributed by atoms with van der Waals surface area (Å²) in [4.78, 5) is 10.8. The third-order valence-electron chi connectivity index (χ3n) is 1.84. The zero-order valence-corrected chi connectivity index (χ0v) is 10.2. The standard InChI is InChI=1S/C9H9BrClNO3/c1-15-8-5(7(12)9(13)14)2-4(10)3-6(8)11/h2-3,7H,12H2,1H3,(H,13,14). The monoisotopic (exact) mass is 293 g/mol. The van der Waals surface area contributed by atoms with Crippen LogP contribution in [0.25, 0.3) is 0 Å². The summed E-state index contributed by atoms with van der Waals surface area (Å²) in [7, 11) is 1.41. The van der Waals surface area contributed by atoms with Crippen molar-refractivity contribution in [3.8, 4) is 5.75 Å². The van der Waals surface area contributed by atoms with E-state index < -0.39 is 12.0 Å². The van der Waals surface area contributed by atoms with Gasteiger partial charge in [-0.15, -0.1) is 0 Å². The predicted molar refractivity (Wildman–Crippen MR) is 60.3 cm³/mol. The topological polar surface area (TPSA) is 72.5 Å². The molecule has 82 valence electrons. The number of carboxylic acid groups (broad SMARTS) is 1. The largest absolute Gasteiger partial charge is 0.495 e. The van der Waals surface area contributed by atoms with Crippen molar-refractivity contribution in [1.29, 1.82) is 0 Å². The molecule has 0 radical (unpaired) electrons. The highest BCUT2D eigenvalue weighted by molar-refractivity contribution is 9.10. The summed E-state index contributed by atoms with van der Waals surface area (Å²) in [5.41, 5.74) is 5.83. The fraction of sp³-hybridized carbons (Fsp3) is 0.222. The van der Waals surface area contributed by atoms with E-state index in [1.165, 1.54) is 7.11 Å². The van der Waals surface area contributed by atoms with Crippen LogP contribution in [0.2, 0.25) is 5.02 Å². The lowest BCUT2D eigenvalue weighted by atomic mass is 10.1. The van der Waals surface area contributed by atoms with Crippen LogP contribution < -0.4 is 10.5 Å². The molecule has 0 heterocycles. The highest BCUT2D eigenvalue weighted by Gasteiger charge is 2.21. The van der Waals surface area contributed by atoms with E-state index in [0.29, 0.717) is 15.1 Å². The maximum Gasteiger partial charge on any atom is 0.325 e. The Morgan fingerprint density at radius 1 is 1.67 bits per heavy atom. The van der Waals surface area contributed by atoms with Gasteiger partial charge in [0.15, 0.2) is 0 Å². The third kappa shape index (κ3) is 2.62. The molecule has 0 aliphatic carbocycles. The van der Waals surface area contributed by atoms with E-state index in [2.05, 4.69) is 15.9 Å². The highest BCUT2D eigenvalue weighted by atomic mass is 79.9. The number of benzene rings is 1. The summed E-state index contributed by atoms with van der Waals surface area (Å²) >= 11 is 9.09. The van der Waals surface area contributed by atoms with Gasteiger partial charge in [0.1, 0.15) is 11.8 Å². The van der Waals surface area contributed by atoms with Gasteiger partial charge in [0.25, 0.3) is 0 Å². The van der Waals surface area contributed by atoms with Crippen LogP contribution in [0.3, 0.4) is 0 Å². The molecule has 1 aromatic rings. The fourth-order valence-corrected chi connectivity index (χ4v) is 2.07. The Labute approximate surface area is 100 Å². The van der Waals surface area contributed by atoms with E-state index in [1.54, 1.807) is 12.1 Å². The lowest BCUT2D eigenvalue weighted by molar-refractivity contribution is -0.138. The summed E-state index contributed by atoms with van der Waals surface area (Å²) in [6, 6.07) is 2.03. The van der Waals surface area contributed by atoms with Crippen LogP contribution in [0.4, 0.5) is 0 Å². The number of rotatable bonds is 3. The summed E-state index contributed by atoms with van der Waals surface area (Å²) < 4.78 is 5.66. The van der Waals surface area contributed by atoms with Crippen molar-refractivity contribution in [2.45, 2.75) is 6.04 Å². The van der Waals surface area contributed by atoms with Gasteiger partial charge >= 0.3 is 5.97 Å². The van der Waals surface area contributed by atoms with Gasteiger partial charge in [-0.3, -0.25) is 4.79 Å². The summed E-state index contributed by atoms with van der Waals surface area (Å²) in [6.45, 7) is 0. The van der Waals surface area contributed by atoms with Gasteiger partial charge < -0.3 is 15.6 Å².